The summed E-state index contributed by atoms with van der Waals surface area (Å²) < 4.78 is 0. The molecule has 1 aliphatic heterocycles. The fourth-order valence-electron chi connectivity index (χ4n) is 2.92. The number of pyridine rings is 1. The number of piperidine rings is 1. The molecule has 0 bridgehead atoms. The zero-order valence-corrected chi connectivity index (χ0v) is 12.6. The highest BCUT2D eigenvalue weighted by atomic mass is 16.6. The zero-order chi connectivity index (χ0) is 15.7. The Morgan fingerprint density at radius 1 is 1.45 bits per heavy atom. The second kappa shape index (κ2) is 5.70. The van der Waals surface area contributed by atoms with Gasteiger partial charge in [0.2, 0.25) is 5.82 Å². The van der Waals surface area contributed by atoms with E-state index in [1.165, 1.54) is 0 Å². The van der Waals surface area contributed by atoms with Crippen molar-refractivity contribution in [3.63, 3.8) is 0 Å². The highest BCUT2D eigenvalue weighted by Gasteiger charge is 2.30. The maximum absolute atomic E-state index is 11.3. The molecule has 1 saturated heterocycles. The van der Waals surface area contributed by atoms with E-state index in [-0.39, 0.29) is 16.5 Å². The van der Waals surface area contributed by atoms with Crippen LogP contribution in [-0.4, -0.2) is 38.2 Å². The number of anilines is 1. The molecule has 0 aromatic carbocycles. The van der Waals surface area contributed by atoms with Gasteiger partial charge in [-0.1, -0.05) is 0 Å². The predicted octanol–water partition coefficient (Wildman–Crippen LogP) is 2.11. The molecule has 1 unspecified atom stereocenters. The molecule has 0 radical (unpaired) electrons. The van der Waals surface area contributed by atoms with Crippen LogP contribution in [0, 0.1) is 24.0 Å². The first kappa shape index (κ1) is 14.4. The molecule has 3 rings (SSSR count). The number of nitrogens with zero attached hydrogens (tertiary/aromatic N) is 5. The first-order valence-corrected chi connectivity index (χ1v) is 7.30. The Hall–Kier alpha value is -2.51. The average molecular weight is 302 g/mol. The van der Waals surface area contributed by atoms with Crippen molar-refractivity contribution >= 4 is 11.5 Å². The van der Waals surface area contributed by atoms with Crippen LogP contribution >= 0.6 is 0 Å². The second-order valence-electron chi connectivity index (χ2n) is 5.62. The Kier molecular flexibility index (Phi) is 3.74. The summed E-state index contributed by atoms with van der Waals surface area (Å²) in [5, 5.41) is 18.4. The molecule has 1 fully saturated rings. The number of aromatic amines is 1. The number of nitrogens with one attached hydrogen (secondary N) is 1. The maximum Gasteiger partial charge on any atom is 0.314 e. The zero-order valence-electron chi connectivity index (χ0n) is 12.6. The van der Waals surface area contributed by atoms with Crippen LogP contribution < -0.4 is 4.90 Å². The molecular weight excluding hydrogens is 284 g/mol. The molecule has 0 spiro atoms. The second-order valence-corrected chi connectivity index (χ2v) is 5.62. The Balaban J connectivity index is 1.89. The molecule has 3 heterocycles. The molecule has 0 aliphatic carbocycles. The Morgan fingerprint density at radius 3 is 2.95 bits per heavy atom. The lowest BCUT2D eigenvalue weighted by molar-refractivity contribution is -0.384. The first-order valence-electron chi connectivity index (χ1n) is 7.30. The van der Waals surface area contributed by atoms with Crippen LogP contribution in [0.2, 0.25) is 0 Å². The minimum atomic E-state index is -0.349. The van der Waals surface area contributed by atoms with Crippen LogP contribution in [-0.2, 0) is 0 Å². The molecule has 8 heteroatoms. The van der Waals surface area contributed by atoms with E-state index in [0.29, 0.717) is 17.9 Å². The largest absolute Gasteiger partial charge is 0.350 e. The van der Waals surface area contributed by atoms with Crippen molar-refractivity contribution in [3.8, 4) is 0 Å². The van der Waals surface area contributed by atoms with Gasteiger partial charge in [0.05, 0.1) is 4.92 Å². The molecule has 1 N–H and O–H groups in total. The number of nitro groups is 1. The van der Waals surface area contributed by atoms with Crippen LogP contribution in [0.4, 0.5) is 11.5 Å². The lowest BCUT2D eigenvalue weighted by atomic mass is 9.97. The molecule has 0 saturated carbocycles. The third-order valence-electron chi connectivity index (χ3n) is 3.99. The number of aromatic nitrogens is 4. The van der Waals surface area contributed by atoms with Crippen molar-refractivity contribution in [2.45, 2.75) is 32.6 Å². The van der Waals surface area contributed by atoms with Crippen molar-refractivity contribution in [1.29, 1.82) is 0 Å². The van der Waals surface area contributed by atoms with Gasteiger partial charge < -0.3 is 4.90 Å². The van der Waals surface area contributed by atoms with Crippen LogP contribution in [0.25, 0.3) is 0 Å². The van der Waals surface area contributed by atoms with Crippen molar-refractivity contribution in [2.75, 3.05) is 18.0 Å². The standard InChI is InChI=1S/C14H18N6O2/c1-9-5-6-15-14(12(9)20(21)22)19-7-3-4-11(8-19)13-16-10(2)17-18-13/h5-6,11H,3-4,7-8H2,1-2H3,(H,16,17,18). The molecule has 22 heavy (non-hydrogen) atoms. The number of rotatable bonds is 3. The molecule has 0 amide bonds. The lowest BCUT2D eigenvalue weighted by Gasteiger charge is -2.32. The van der Waals surface area contributed by atoms with E-state index in [2.05, 4.69) is 20.2 Å². The lowest BCUT2D eigenvalue weighted by Crippen LogP contribution is -2.35. The third kappa shape index (κ3) is 2.63. The van der Waals surface area contributed by atoms with Gasteiger partial charge in [-0.25, -0.2) is 9.97 Å². The third-order valence-corrected chi connectivity index (χ3v) is 3.99. The Morgan fingerprint density at radius 2 is 2.27 bits per heavy atom. The smallest absolute Gasteiger partial charge is 0.314 e. The number of hydrogen-bond donors (Lipinski definition) is 1. The maximum atomic E-state index is 11.3. The SMILES string of the molecule is Cc1nc(C2CCCN(c3nccc(C)c3[N+](=O)[O-])C2)n[nH]1. The normalized spacial score (nSPS) is 18.5. The summed E-state index contributed by atoms with van der Waals surface area (Å²) in [7, 11) is 0. The quantitative estimate of drug-likeness (QED) is 0.688. The fraction of sp³-hybridized carbons (Fsp3) is 0.500. The fourth-order valence-corrected chi connectivity index (χ4v) is 2.92. The van der Waals surface area contributed by atoms with Crippen molar-refractivity contribution in [1.82, 2.24) is 20.2 Å². The van der Waals surface area contributed by atoms with Crippen LogP contribution in [0.1, 0.15) is 36.0 Å². The Bertz CT molecular complexity index is 698. The predicted molar refractivity (Wildman–Crippen MR) is 80.9 cm³/mol. The van der Waals surface area contributed by atoms with E-state index in [1.54, 1.807) is 19.2 Å². The van der Waals surface area contributed by atoms with Crippen molar-refractivity contribution in [2.24, 2.45) is 0 Å². The van der Waals surface area contributed by atoms with Crippen LogP contribution in [0.3, 0.4) is 0 Å². The molecule has 1 aliphatic rings. The first-order chi connectivity index (χ1) is 10.6. The number of aryl methyl sites for hydroxylation is 2. The summed E-state index contributed by atoms with van der Waals surface area (Å²) in [4.78, 5) is 21.6. The summed E-state index contributed by atoms with van der Waals surface area (Å²) in [5.41, 5.74) is 0.722. The van der Waals surface area contributed by atoms with Gasteiger partial charge in [0.25, 0.3) is 0 Å². The van der Waals surface area contributed by atoms with Gasteiger partial charge in [0.15, 0.2) is 5.82 Å². The monoisotopic (exact) mass is 302 g/mol. The summed E-state index contributed by atoms with van der Waals surface area (Å²) in [6.45, 7) is 5.01. The highest BCUT2D eigenvalue weighted by Crippen LogP contribution is 2.33. The van der Waals surface area contributed by atoms with Crippen molar-refractivity contribution in [3.05, 3.63) is 39.6 Å². The number of H-pyrrole nitrogens is 1. The molecule has 1 atom stereocenters. The molecule has 2 aromatic rings. The summed E-state index contributed by atoms with van der Waals surface area (Å²) >= 11 is 0. The van der Waals surface area contributed by atoms with Gasteiger partial charge in [-0.2, -0.15) is 5.10 Å². The van der Waals surface area contributed by atoms with Crippen molar-refractivity contribution < 1.29 is 4.92 Å². The van der Waals surface area contributed by atoms with E-state index in [9.17, 15) is 10.1 Å². The molecule has 116 valence electrons. The van der Waals surface area contributed by atoms with Gasteiger partial charge in [-0.15, -0.1) is 0 Å². The van der Waals surface area contributed by atoms with E-state index in [1.807, 2.05) is 11.8 Å². The van der Waals surface area contributed by atoms with E-state index in [0.717, 1.165) is 31.0 Å². The van der Waals surface area contributed by atoms with Crippen LogP contribution in [0.5, 0.6) is 0 Å². The van der Waals surface area contributed by atoms with Gasteiger partial charge in [0, 0.05) is 30.8 Å². The van der Waals surface area contributed by atoms with E-state index < -0.39 is 0 Å². The van der Waals surface area contributed by atoms with Gasteiger partial charge in [0.1, 0.15) is 5.82 Å². The van der Waals surface area contributed by atoms with E-state index in [4.69, 9.17) is 0 Å². The summed E-state index contributed by atoms with van der Waals surface area (Å²) in [5.74, 6) is 2.17. The Labute approximate surface area is 127 Å². The number of hydrogen-bond acceptors (Lipinski definition) is 6. The topological polar surface area (TPSA) is 101 Å². The minimum Gasteiger partial charge on any atom is -0.350 e. The van der Waals surface area contributed by atoms with Gasteiger partial charge in [-0.3, -0.25) is 15.2 Å². The highest BCUT2D eigenvalue weighted by molar-refractivity contribution is 5.61. The molecule has 8 nitrogen and oxygen atoms in total. The summed E-state index contributed by atoms with van der Waals surface area (Å²) in [6.07, 6.45) is 3.54. The average Bonchev–Trinajstić information content (AvgIpc) is 2.93. The molecular formula is C14H18N6O2. The summed E-state index contributed by atoms with van der Waals surface area (Å²) in [6, 6.07) is 1.67. The van der Waals surface area contributed by atoms with Gasteiger partial charge in [-0.05, 0) is 32.8 Å². The minimum absolute atomic E-state index is 0.0920. The van der Waals surface area contributed by atoms with Gasteiger partial charge >= 0.3 is 5.69 Å². The van der Waals surface area contributed by atoms with E-state index >= 15 is 0 Å². The molecule has 2 aromatic heterocycles. The van der Waals surface area contributed by atoms with Crippen LogP contribution in [0.15, 0.2) is 12.3 Å².